The van der Waals surface area contributed by atoms with E-state index in [-0.39, 0.29) is 0 Å². The molecule has 0 saturated carbocycles. The maximum absolute atomic E-state index is 5.79. The number of anilines is 1. The van der Waals surface area contributed by atoms with E-state index in [0.717, 1.165) is 17.9 Å². The summed E-state index contributed by atoms with van der Waals surface area (Å²) in [4.78, 5) is 7.22. The van der Waals surface area contributed by atoms with Crippen LogP contribution in [0.25, 0.3) is 5.65 Å². The van der Waals surface area contributed by atoms with Gasteiger partial charge in [-0.2, -0.15) is 0 Å². The summed E-state index contributed by atoms with van der Waals surface area (Å²) >= 11 is 0. The van der Waals surface area contributed by atoms with E-state index in [2.05, 4.69) is 18.0 Å². The number of piperidine rings is 1. The molecule has 0 unspecified atom stereocenters. The van der Waals surface area contributed by atoms with Gasteiger partial charge in [0.2, 0.25) is 0 Å². The third-order valence-electron chi connectivity index (χ3n) is 3.95. The molecule has 3 rings (SSSR count). The molecular formula is C14H20N4. The van der Waals surface area contributed by atoms with Crippen molar-refractivity contribution < 1.29 is 0 Å². The Kier molecular flexibility index (Phi) is 2.96. The van der Waals surface area contributed by atoms with E-state index in [4.69, 9.17) is 10.7 Å². The fourth-order valence-corrected chi connectivity index (χ4v) is 2.77. The summed E-state index contributed by atoms with van der Waals surface area (Å²) in [6.07, 6.45) is 6.51. The highest BCUT2D eigenvalue weighted by Crippen LogP contribution is 2.27. The summed E-state index contributed by atoms with van der Waals surface area (Å²) < 4.78 is 2.04. The molecule has 2 aromatic rings. The molecule has 0 amide bonds. The van der Waals surface area contributed by atoms with E-state index in [1.165, 1.54) is 31.6 Å². The van der Waals surface area contributed by atoms with Crippen LogP contribution in [0, 0.1) is 0 Å². The van der Waals surface area contributed by atoms with E-state index >= 15 is 0 Å². The minimum absolute atomic E-state index is 0.605. The lowest BCUT2D eigenvalue weighted by molar-refractivity contribution is 0.221. The Morgan fingerprint density at radius 1 is 1.28 bits per heavy atom. The molecule has 0 radical (unpaired) electrons. The van der Waals surface area contributed by atoms with Crippen molar-refractivity contribution in [3.8, 4) is 0 Å². The molecule has 2 aromatic heterocycles. The van der Waals surface area contributed by atoms with Crippen molar-refractivity contribution in [2.45, 2.75) is 25.7 Å². The van der Waals surface area contributed by atoms with E-state index in [1.807, 2.05) is 22.7 Å². The van der Waals surface area contributed by atoms with Crippen LogP contribution >= 0.6 is 0 Å². The Bertz CT molecular complexity index is 538. The average molecular weight is 244 g/mol. The fourth-order valence-electron chi connectivity index (χ4n) is 2.77. The second kappa shape index (κ2) is 4.61. The van der Waals surface area contributed by atoms with E-state index in [9.17, 15) is 0 Å². The number of hydrogen-bond acceptors (Lipinski definition) is 3. The molecule has 18 heavy (non-hydrogen) atoms. The number of hydrogen-bond donors (Lipinski definition) is 1. The minimum Gasteiger partial charge on any atom is -0.398 e. The Morgan fingerprint density at radius 2 is 2.06 bits per heavy atom. The van der Waals surface area contributed by atoms with Gasteiger partial charge in [0.05, 0.1) is 5.69 Å². The summed E-state index contributed by atoms with van der Waals surface area (Å²) in [5.41, 5.74) is 8.79. The van der Waals surface area contributed by atoms with Gasteiger partial charge in [-0.25, -0.2) is 4.98 Å². The van der Waals surface area contributed by atoms with E-state index < -0.39 is 0 Å². The van der Waals surface area contributed by atoms with Crippen molar-refractivity contribution >= 4 is 11.3 Å². The van der Waals surface area contributed by atoms with Crippen molar-refractivity contribution in [3.05, 3.63) is 30.2 Å². The smallest absolute Gasteiger partial charge is 0.137 e. The van der Waals surface area contributed by atoms with E-state index in [1.54, 1.807) is 0 Å². The van der Waals surface area contributed by atoms with Crippen LogP contribution < -0.4 is 5.73 Å². The lowest BCUT2D eigenvalue weighted by Gasteiger charge is -2.30. The maximum Gasteiger partial charge on any atom is 0.137 e. The summed E-state index contributed by atoms with van der Waals surface area (Å²) in [6, 6.07) is 3.89. The monoisotopic (exact) mass is 244 g/mol. The van der Waals surface area contributed by atoms with Crippen LogP contribution in [0.2, 0.25) is 0 Å². The first-order valence-corrected chi connectivity index (χ1v) is 6.72. The van der Waals surface area contributed by atoms with Crippen LogP contribution in [-0.4, -0.2) is 33.9 Å². The van der Waals surface area contributed by atoms with Crippen molar-refractivity contribution in [2.75, 3.05) is 25.4 Å². The zero-order valence-corrected chi connectivity index (χ0v) is 10.8. The molecule has 0 bridgehead atoms. The molecule has 4 nitrogen and oxygen atoms in total. The van der Waals surface area contributed by atoms with Crippen molar-refractivity contribution in [2.24, 2.45) is 0 Å². The number of pyridine rings is 1. The molecule has 1 saturated heterocycles. The maximum atomic E-state index is 5.79. The number of aromatic nitrogens is 2. The molecule has 96 valence electrons. The van der Waals surface area contributed by atoms with Gasteiger partial charge in [-0.1, -0.05) is 6.92 Å². The topological polar surface area (TPSA) is 46.6 Å². The molecule has 0 spiro atoms. The predicted molar refractivity (Wildman–Crippen MR) is 73.7 cm³/mol. The first kappa shape index (κ1) is 11.5. The molecular weight excluding hydrogens is 224 g/mol. The first-order valence-electron chi connectivity index (χ1n) is 6.72. The SMILES string of the molecule is CCN1CCC(c2cn3cc(N)ccc3n2)CC1. The van der Waals surface area contributed by atoms with Gasteiger partial charge in [0.15, 0.2) is 0 Å². The molecule has 4 heteroatoms. The first-order chi connectivity index (χ1) is 8.76. The summed E-state index contributed by atoms with van der Waals surface area (Å²) in [6.45, 7) is 5.77. The Morgan fingerprint density at radius 3 is 2.78 bits per heavy atom. The molecule has 0 atom stereocenters. The van der Waals surface area contributed by atoms with Crippen LogP contribution in [0.4, 0.5) is 5.69 Å². The Labute approximate surface area is 107 Å². The summed E-state index contributed by atoms with van der Waals surface area (Å²) in [7, 11) is 0. The van der Waals surface area contributed by atoms with Crippen molar-refractivity contribution in [3.63, 3.8) is 0 Å². The zero-order chi connectivity index (χ0) is 12.5. The third kappa shape index (κ3) is 2.08. The zero-order valence-electron chi connectivity index (χ0n) is 10.8. The van der Waals surface area contributed by atoms with Crippen LogP contribution in [0.3, 0.4) is 0 Å². The second-order valence-corrected chi connectivity index (χ2v) is 5.10. The molecule has 1 aliphatic rings. The second-order valence-electron chi connectivity index (χ2n) is 5.10. The number of nitrogens with zero attached hydrogens (tertiary/aromatic N) is 3. The molecule has 0 aromatic carbocycles. The molecule has 3 heterocycles. The quantitative estimate of drug-likeness (QED) is 0.880. The summed E-state index contributed by atoms with van der Waals surface area (Å²) in [5.74, 6) is 0.605. The lowest BCUT2D eigenvalue weighted by atomic mass is 9.94. The van der Waals surface area contributed by atoms with Gasteiger partial charge in [-0.3, -0.25) is 0 Å². The normalized spacial score (nSPS) is 18.5. The number of imidazole rings is 1. The molecule has 1 fully saturated rings. The van der Waals surface area contributed by atoms with Gasteiger partial charge in [0, 0.05) is 24.0 Å². The van der Waals surface area contributed by atoms with Gasteiger partial charge in [-0.15, -0.1) is 0 Å². The van der Waals surface area contributed by atoms with Gasteiger partial charge < -0.3 is 15.0 Å². The van der Waals surface area contributed by atoms with Gasteiger partial charge in [0.1, 0.15) is 5.65 Å². The van der Waals surface area contributed by atoms with Gasteiger partial charge >= 0.3 is 0 Å². The van der Waals surface area contributed by atoms with Crippen LogP contribution in [0.15, 0.2) is 24.5 Å². The molecule has 2 N–H and O–H groups in total. The Balaban J connectivity index is 1.82. The highest BCUT2D eigenvalue weighted by molar-refractivity contribution is 5.48. The fraction of sp³-hybridized carbons (Fsp3) is 0.500. The van der Waals surface area contributed by atoms with Crippen LogP contribution in [0.1, 0.15) is 31.4 Å². The Hall–Kier alpha value is -1.55. The number of rotatable bonds is 2. The van der Waals surface area contributed by atoms with Gasteiger partial charge in [0.25, 0.3) is 0 Å². The van der Waals surface area contributed by atoms with Crippen LogP contribution in [0.5, 0.6) is 0 Å². The average Bonchev–Trinajstić information content (AvgIpc) is 2.81. The summed E-state index contributed by atoms with van der Waals surface area (Å²) in [5, 5.41) is 0. The predicted octanol–water partition coefficient (Wildman–Crippen LogP) is 2.12. The standard InChI is InChI=1S/C14H20N4/c1-2-17-7-5-11(6-8-17)13-10-18-9-12(15)3-4-14(18)16-13/h3-4,9-11H,2,5-8,15H2,1H3. The number of likely N-dealkylation sites (tertiary alicyclic amines) is 1. The number of nitrogen functional groups attached to an aromatic ring is 1. The number of fused-ring (bicyclic) bond motifs is 1. The van der Waals surface area contributed by atoms with Crippen molar-refractivity contribution in [1.29, 1.82) is 0 Å². The van der Waals surface area contributed by atoms with E-state index in [0.29, 0.717) is 5.92 Å². The van der Waals surface area contributed by atoms with Crippen molar-refractivity contribution in [1.82, 2.24) is 14.3 Å². The third-order valence-corrected chi connectivity index (χ3v) is 3.95. The molecule has 0 aliphatic carbocycles. The van der Waals surface area contributed by atoms with Gasteiger partial charge in [-0.05, 0) is 44.6 Å². The lowest BCUT2D eigenvalue weighted by Crippen LogP contribution is -2.32. The number of nitrogens with two attached hydrogens (primary N) is 1. The highest BCUT2D eigenvalue weighted by Gasteiger charge is 2.21. The molecule has 1 aliphatic heterocycles. The van der Waals surface area contributed by atoms with Crippen LogP contribution in [-0.2, 0) is 0 Å². The minimum atomic E-state index is 0.605. The highest BCUT2D eigenvalue weighted by atomic mass is 15.1. The largest absolute Gasteiger partial charge is 0.398 e.